The zero-order valence-electron chi connectivity index (χ0n) is 13.6. The third-order valence-corrected chi connectivity index (χ3v) is 5.59. The number of nitrogens with zero attached hydrogens (tertiary/aromatic N) is 1. The first kappa shape index (κ1) is 18.0. The number of sulfonamides is 1. The van der Waals surface area contributed by atoms with Crippen LogP contribution < -0.4 is 5.32 Å². The largest absolute Gasteiger partial charge is 0.385 e. The molecule has 0 saturated heterocycles. The van der Waals surface area contributed by atoms with E-state index < -0.39 is 10.0 Å². The Hall–Kier alpha value is -1.07. The van der Waals surface area contributed by atoms with E-state index >= 15 is 0 Å². The standard InChI is InChI=1S/C16H28N2O2S/c1-5-12-17-15-8-10-16(11-9-15)21(19,20)18(7-3)13-14(4)6-2/h8-11,14,17H,5-7,12-13H2,1-4H3. The summed E-state index contributed by atoms with van der Waals surface area (Å²) in [5.74, 6) is 0.366. The summed E-state index contributed by atoms with van der Waals surface area (Å²) < 4.78 is 26.9. The molecule has 1 N–H and O–H groups in total. The highest BCUT2D eigenvalue weighted by molar-refractivity contribution is 7.89. The average Bonchev–Trinajstić information content (AvgIpc) is 2.50. The maximum Gasteiger partial charge on any atom is 0.243 e. The van der Waals surface area contributed by atoms with Crippen LogP contribution in [0.25, 0.3) is 0 Å². The first-order valence-corrected chi connectivity index (χ1v) is 9.23. The number of nitrogens with one attached hydrogen (secondary N) is 1. The summed E-state index contributed by atoms with van der Waals surface area (Å²) in [5.41, 5.74) is 0.959. The van der Waals surface area contributed by atoms with Crippen molar-refractivity contribution in [2.45, 2.75) is 45.4 Å². The highest BCUT2D eigenvalue weighted by Gasteiger charge is 2.24. The summed E-state index contributed by atoms with van der Waals surface area (Å²) in [5, 5.41) is 3.25. The molecular formula is C16H28N2O2S. The van der Waals surface area contributed by atoms with E-state index in [4.69, 9.17) is 0 Å². The summed E-state index contributed by atoms with van der Waals surface area (Å²) in [4.78, 5) is 0.370. The highest BCUT2D eigenvalue weighted by Crippen LogP contribution is 2.20. The van der Waals surface area contributed by atoms with Gasteiger partial charge in [0.15, 0.2) is 0 Å². The molecule has 0 radical (unpaired) electrons. The summed E-state index contributed by atoms with van der Waals surface area (Å²) in [6, 6.07) is 7.04. The van der Waals surface area contributed by atoms with Gasteiger partial charge < -0.3 is 5.32 Å². The normalized spacial score (nSPS) is 13.4. The van der Waals surface area contributed by atoms with E-state index in [0.29, 0.717) is 23.9 Å². The molecular weight excluding hydrogens is 284 g/mol. The first-order chi connectivity index (χ1) is 9.95. The lowest BCUT2D eigenvalue weighted by molar-refractivity contribution is 0.361. The molecule has 0 amide bonds. The molecule has 0 spiro atoms. The zero-order valence-corrected chi connectivity index (χ0v) is 14.4. The quantitative estimate of drug-likeness (QED) is 0.758. The molecule has 0 aliphatic carbocycles. The molecule has 1 aromatic carbocycles. The van der Waals surface area contributed by atoms with Crippen molar-refractivity contribution in [3.05, 3.63) is 24.3 Å². The van der Waals surface area contributed by atoms with Crippen molar-refractivity contribution in [3.8, 4) is 0 Å². The van der Waals surface area contributed by atoms with Crippen molar-refractivity contribution in [3.63, 3.8) is 0 Å². The van der Waals surface area contributed by atoms with Gasteiger partial charge in [-0.15, -0.1) is 0 Å². The maximum atomic E-state index is 12.6. The van der Waals surface area contributed by atoms with E-state index in [0.717, 1.165) is 25.1 Å². The van der Waals surface area contributed by atoms with Crippen LogP contribution in [0.5, 0.6) is 0 Å². The van der Waals surface area contributed by atoms with E-state index in [1.165, 1.54) is 0 Å². The fourth-order valence-electron chi connectivity index (χ4n) is 2.04. The van der Waals surface area contributed by atoms with Crippen LogP contribution in [-0.2, 0) is 10.0 Å². The number of hydrogen-bond acceptors (Lipinski definition) is 3. The van der Waals surface area contributed by atoms with E-state index in [2.05, 4.69) is 26.1 Å². The Morgan fingerprint density at radius 3 is 2.24 bits per heavy atom. The third kappa shape index (κ3) is 5.00. The lowest BCUT2D eigenvalue weighted by Crippen LogP contribution is -2.34. The predicted octanol–water partition coefficient (Wildman–Crippen LogP) is 3.57. The van der Waals surface area contributed by atoms with Gasteiger partial charge in [-0.05, 0) is 36.6 Å². The van der Waals surface area contributed by atoms with Crippen LogP contribution in [0.3, 0.4) is 0 Å². The molecule has 0 aliphatic heterocycles. The molecule has 0 saturated carbocycles. The van der Waals surface area contributed by atoms with Crippen molar-refractivity contribution in [1.82, 2.24) is 4.31 Å². The number of rotatable bonds is 9. The number of anilines is 1. The Labute approximate surface area is 129 Å². The molecule has 1 atom stereocenters. The summed E-state index contributed by atoms with van der Waals surface area (Å²) in [7, 11) is -3.39. The Kier molecular flexibility index (Phi) is 7.18. The fraction of sp³-hybridized carbons (Fsp3) is 0.625. The van der Waals surface area contributed by atoms with Gasteiger partial charge in [-0.25, -0.2) is 8.42 Å². The molecule has 0 aliphatic rings. The molecule has 4 nitrogen and oxygen atoms in total. The van der Waals surface area contributed by atoms with Crippen LogP contribution in [-0.4, -0.2) is 32.4 Å². The van der Waals surface area contributed by atoms with Gasteiger partial charge in [0.2, 0.25) is 10.0 Å². The van der Waals surface area contributed by atoms with E-state index in [1.54, 1.807) is 16.4 Å². The van der Waals surface area contributed by atoms with E-state index in [9.17, 15) is 8.42 Å². The van der Waals surface area contributed by atoms with Gasteiger partial charge >= 0.3 is 0 Å². The molecule has 0 fully saturated rings. The second kappa shape index (κ2) is 8.39. The molecule has 1 rings (SSSR count). The van der Waals surface area contributed by atoms with E-state index in [-0.39, 0.29) is 0 Å². The molecule has 0 heterocycles. The lowest BCUT2D eigenvalue weighted by Gasteiger charge is -2.23. The summed E-state index contributed by atoms with van der Waals surface area (Å²) in [6.07, 6.45) is 2.02. The van der Waals surface area contributed by atoms with Crippen LogP contribution in [0, 0.1) is 5.92 Å². The fourth-order valence-corrected chi connectivity index (χ4v) is 3.61. The molecule has 120 valence electrons. The Morgan fingerprint density at radius 1 is 1.14 bits per heavy atom. The van der Waals surface area contributed by atoms with Crippen molar-refractivity contribution < 1.29 is 8.42 Å². The minimum Gasteiger partial charge on any atom is -0.385 e. The smallest absolute Gasteiger partial charge is 0.243 e. The third-order valence-electron chi connectivity index (χ3n) is 3.64. The summed E-state index contributed by atoms with van der Waals surface area (Å²) >= 11 is 0. The van der Waals surface area contributed by atoms with Crippen LogP contribution in [0.4, 0.5) is 5.69 Å². The van der Waals surface area contributed by atoms with Gasteiger partial charge in [0, 0.05) is 25.3 Å². The maximum absolute atomic E-state index is 12.6. The second-order valence-electron chi connectivity index (χ2n) is 5.42. The van der Waals surface area contributed by atoms with Gasteiger partial charge in [-0.1, -0.05) is 34.1 Å². The Bertz CT molecular complexity index is 512. The van der Waals surface area contributed by atoms with E-state index in [1.807, 2.05) is 19.1 Å². The average molecular weight is 312 g/mol. The number of benzene rings is 1. The summed E-state index contributed by atoms with van der Waals surface area (Å²) in [6.45, 7) is 10.1. The monoisotopic (exact) mass is 312 g/mol. The van der Waals surface area contributed by atoms with Crippen molar-refractivity contribution >= 4 is 15.7 Å². The second-order valence-corrected chi connectivity index (χ2v) is 7.36. The highest BCUT2D eigenvalue weighted by atomic mass is 32.2. The van der Waals surface area contributed by atoms with Gasteiger partial charge in [0.25, 0.3) is 0 Å². The SMILES string of the molecule is CCCNc1ccc(S(=O)(=O)N(CC)CC(C)CC)cc1. The Morgan fingerprint density at radius 2 is 1.76 bits per heavy atom. The number of hydrogen-bond donors (Lipinski definition) is 1. The van der Waals surface area contributed by atoms with Crippen LogP contribution in [0.1, 0.15) is 40.5 Å². The Balaban J connectivity index is 2.89. The van der Waals surface area contributed by atoms with Gasteiger partial charge in [0.05, 0.1) is 4.90 Å². The zero-order chi connectivity index (χ0) is 15.9. The predicted molar refractivity (Wildman–Crippen MR) is 89.1 cm³/mol. The van der Waals surface area contributed by atoms with Gasteiger partial charge in [-0.2, -0.15) is 4.31 Å². The molecule has 5 heteroatoms. The topological polar surface area (TPSA) is 49.4 Å². The molecule has 0 aromatic heterocycles. The lowest BCUT2D eigenvalue weighted by atomic mass is 10.1. The molecule has 1 unspecified atom stereocenters. The van der Waals surface area contributed by atoms with Crippen LogP contribution in [0.15, 0.2) is 29.2 Å². The van der Waals surface area contributed by atoms with Crippen molar-refractivity contribution in [2.75, 3.05) is 25.0 Å². The van der Waals surface area contributed by atoms with Gasteiger partial charge in [0.1, 0.15) is 0 Å². The van der Waals surface area contributed by atoms with Crippen molar-refractivity contribution in [2.24, 2.45) is 5.92 Å². The molecule has 21 heavy (non-hydrogen) atoms. The minimum atomic E-state index is -3.39. The van der Waals surface area contributed by atoms with Gasteiger partial charge in [-0.3, -0.25) is 0 Å². The minimum absolute atomic E-state index is 0.366. The van der Waals surface area contributed by atoms with Crippen molar-refractivity contribution in [1.29, 1.82) is 0 Å². The molecule has 1 aromatic rings. The van der Waals surface area contributed by atoms with Crippen LogP contribution >= 0.6 is 0 Å². The van der Waals surface area contributed by atoms with Crippen LogP contribution in [0.2, 0.25) is 0 Å². The first-order valence-electron chi connectivity index (χ1n) is 7.79. The molecule has 0 bridgehead atoms.